The first-order valence-corrected chi connectivity index (χ1v) is 11.0. The van der Waals surface area contributed by atoms with E-state index in [1.807, 2.05) is 24.3 Å². The summed E-state index contributed by atoms with van der Waals surface area (Å²) in [6, 6.07) is 13.6. The molecule has 7 heteroatoms. The largest absolute Gasteiger partial charge is 0.463 e. The van der Waals surface area contributed by atoms with E-state index in [-0.39, 0.29) is 24.0 Å². The Bertz CT molecular complexity index is 1100. The minimum atomic E-state index is -0.685. The lowest BCUT2D eigenvalue weighted by atomic mass is 9.86. The molecule has 2 N–H and O–H groups in total. The summed E-state index contributed by atoms with van der Waals surface area (Å²) in [5.74, 6) is -0.724. The van der Waals surface area contributed by atoms with Crippen LogP contribution in [0.15, 0.2) is 59.8 Å². The highest BCUT2D eigenvalue weighted by atomic mass is 16.5. The molecule has 1 heterocycles. The van der Waals surface area contributed by atoms with Crippen molar-refractivity contribution >= 4 is 23.6 Å². The smallest absolute Gasteiger partial charge is 0.338 e. The van der Waals surface area contributed by atoms with Gasteiger partial charge in [0.1, 0.15) is 0 Å². The van der Waals surface area contributed by atoms with E-state index in [2.05, 4.69) is 31.4 Å². The van der Waals surface area contributed by atoms with E-state index in [9.17, 15) is 14.4 Å². The van der Waals surface area contributed by atoms with Crippen LogP contribution in [0.3, 0.4) is 0 Å². The second-order valence-electron chi connectivity index (χ2n) is 9.07. The fourth-order valence-corrected chi connectivity index (χ4v) is 3.68. The van der Waals surface area contributed by atoms with E-state index in [0.717, 1.165) is 5.56 Å². The minimum absolute atomic E-state index is 0.00409. The van der Waals surface area contributed by atoms with E-state index < -0.39 is 12.0 Å². The molecule has 1 aliphatic heterocycles. The first kappa shape index (κ1) is 24.0. The van der Waals surface area contributed by atoms with Gasteiger partial charge in [-0.2, -0.15) is 0 Å². The molecule has 0 aromatic heterocycles. The minimum Gasteiger partial charge on any atom is -0.463 e. The number of hydrogen-bond acceptors (Lipinski definition) is 4. The quantitative estimate of drug-likeness (QED) is 0.644. The van der Waals surface area contributed by atoms with E-state index >= 15 is 0 Å². The number of hydrogen-bond donors (Lipinski definition) is 2. The molecule has 3 amide bonds. The molecule has 0 spiro atoms. The molecular weight excluding hydrogens is 418 g/mol. The summed E-state index contributed by atoms with van der Waals surface area (Å²) < 4.78 is 5.23. The number of nitrogens with zero attached hydrogens (tertiary/aromatic N) is 1. The summed E-state index contributed by atoms with van der Waals surface area (Å²) in [5, 5.41) is 5.75. The van der Waals surface area contributed by atoms with Gasteiger partial charge in [0.05, 0.1) is 18.2 Å². The van der Waals surface area contributed by atoms with Gasteiger partial charge in [-0.15, -0.1) is 0 Å². The molecule has 2 aromatic carbocycles. The summed E-state index contributed by atoms with van der Waals surface area (Å²) in [7, 11) is 1.60. The molecule has 0 saturated heterocycles. The molecule has 1 aliphatic rings. The van der Waals surface area contributed by atoms with Crippen molar-refractivity contribution in [2.24, 2.45) is 0 Å². The van der Waals surface area contributed by atoms with E-state index in [0.29, 0.717) is 28.1 Å². The van der Waals surface area contributed by atoms with Crippen molar-refractivity contribution in [1.29, 1.82) is 0 Å². The zero-order chi connectivity index (χ0) is 24.3. The lowest BCUT2D eigenvalue weighted by Crippen LogP contribution is -2.46. The highest BCUT2D eigenvalue weighted by Crippen LogP contribution is 2.32. The van der Waals surface area contributed by atoms with Gasteiger partial charge in [-0.25, -0.2) is 9.59 Å². The number of nitrogens with one attached hydrogen (secondary N) is 2. The summed E-state index contributed by atoms with van der Waals surface area (Å²) in [4.78, 5) is 39.3. The average molecular weight is 450 g/mol. The number of urea groups is 1. The Labute approximate surface area is 194 Å². The lowest BCUT2D eigenvalue weighted by molar-refractivity contribution is -0.139. The predicted octanol–water partition coefficient (Wildman–Crippen LogP) is 4.77. The standard InChI is InChI=1S/C26H31N3O4/c1-7-33-24(31)21-16(2)29(6)25(32)28-22(21)18-9-8-10-20(15-18)27-23(30)17-11-13-19(14-12-17)26(3,4)5/h8-15,22H,7H2,1-6H3,(H,27,30)(H,28,32). The van der Waals surface area contributed by atoms with Crippen LogP contribution in [0.25, 0.3) is 0 Å². The molecular formula is C26H31N3O4. The number of benzene rings is 2. The van der Waals surface area contributed by atoms with Gasteiger partial charge in [-0.05, 0) is 54.7 Å². The zero-order valence-electron chi connectivity index (χ0n) is 20.0. The van der Waals surface area contributed by atoms with Crippen LogP contribution >= 0.6 is 0 Å². The molecule has 0 radical (unpaired) electrons. The Morgan fingerprint density at radius 3 is 2.39 bits per heavy atom. The first-order chi connectivity index (χ1) is 15.5. The number of anilines is 1. The number of carbonyl (C=O) groups excluding carboxylic acids is 3. The number of allylic oxidation sites excluding steroid dienone is 1. The molecule has 0 bridgehead atoms. The van der Waals surface area contributed by atoms with Crippen LogP contribution in [-0.4, -0.2) is 36.5 Å². The SMILES string of the molecule is CCOC(=O)C1=C(C)N(C)C(=O)NC1c1cccc(NC(=O)c2ccc(C(C)(C)C)cc2)c1. The third-order valence-electron chi connectivity index (χ3n) is 5.74. The molecule has 174 valence electrons. The highest BCUT2D eigenvalue weighted by molar-refractivity contribution is 6.04. The third-order valence-corrected chi connectivity index (χ3v) is 5.74. The fourth-order valence-electron chi connectivity index (χ4n) is 3.68. The Morgan fingerprint density at radius 2 is 1.79 bits per heavy atom. The monoisotopic (exact) mass is 449 g/mol. The summed E-state index contributed by atoms with van der Waals surface area (Å²) in [6.45, 7) is 10.0. The normalized spacial score (nSPS) is 16.4. The van der Waals surface area contributed by atoms with E-state index in [4.69, 9.17) is 4.74 Å². The highest BCUT2D eigenvalue weighted by Gasteiger charge is 2.35. The molecule has 2 aromatic rings. The van der Waals surface area contributed by atoms with Gasteiger partial charge in [0, 0.05) is 24.0 Å². The van der Waals surface area contributed by atoms with Crippen molar-refractivity contribution in [2.45, 2.75) is 46.1 Å². The molecule has 0 aliphatic carbocycles. The lowest BCUT2D eigenvalue weighted by Gasteiger charge is -2.33. The van der Waals surface area contributed by atoms with Crippen molar-refractivity contribution in [2.75, 3.05) is 19.0 Å². The summed E-state index contributed by atoms with van der Waals surface area (Å²) >= 11 is 0. The average Bonchev–Trinajstić information content (AvgIpc) is 2.77. The zero-order valence-corrected chi connectivity index (χ0v) is 20.0. The van der Waals surface area contributed by atoms with Crippen LogP contribution < -0.4 is 10.6 Å². The first-order valence-electron chi connectivity index (χ1n) is 11.0. The maximum absolute atomic E-state index is 12.8. The molecule has 1 unspecified atom stereocenters. The van der Waals surface area contributed by atoms with Crippen LogP contribution in [0.4, 0.5) is 10.5 Å². The molecule has 1 atom stereocenters. The van der Waals surface area contributed by atoms with Crippen molar-refractivity contribution < 1.29 is 19.1 Å². The van der Waals surface area contributed by atoms with Crippen LogP contribution in [0.1, 0.15) is 62.1 Å². The topological polar surface area (TPSA) is 87.7 Å². The van der Waals surface area contributed by atoms with Gasteiger partial charge in [-0.3, -0.25) is 4.79 Å². The maximum atomic E-state index is 12.8. The maximum Gasteiger partial charge on any atom is 0.338 e. The number of amides is 3. The third kappa shape index (κ3) is 5.25. The van der Waals surface area contributed by atoms with Crippen molar-refractivity contribution in [3.8, 4) is 0 Å². The summed E-state index contributed by atoms with van der Waals surface area (Å²) in [6.07, 6.45) is 0. The second-order valence-corrected chi connectivity index (χ2v) is 9.07. The van der Waals surface area contributed by atoms with Crippen LogP contribution in [0, 0.1) is 0 Å². The number of ether oxygens (including phenoxy) is 1. The Hall–Kier alpha value is -3.61. The number of carbonyl (C=O) groups is 3. The van der Waals surface area contributed by atoms with Crippen LogP contribution in [0.5, 0.6) is 0 Å². The molecule has 0 fully saturated rings. The molecule has 0 saturated carbocycles. The Morgan fingerprint density at radius 1 is 1.12 bits per heavy atom. The summed E-state index contributed by atoms with van der Waals surface area (Å²) in [5.41, 5.74) is 3.81. The number of esters is 1. The van der Waals surface area contributed by atoms with Crippen LogP contribution in [0.2, 0.25) is 0 Å². The van der Waals surface area contributed by atoms with Crippen LogP contribution in [-0.2, 0) is 14.9 Å². The molecule has 7 nitrogen and oxygen atoms in total. The van der Waals surface area contributed by atoms with E-state index in [1.54, 1.807) is 45.2 Å². The number of rotatable bonds is 5. The Kier molecular flexibility index (Phi) is 6.91. The van der Waals surface area contributed by atoms with Gasteiger partial charge in [-0.1, -0.05) is 45.0 Å². The van der Waals surface area contributed by atoms with Crippen molar-refractivity contribution in [3.63, 3.8) is 0 Å². The fraction of sp³-hybridized carbons (Fsp3) is 0.346. The van der Waals surface area contributed by atoms with Crippen molar-refractivity contribution in [1.82, 2.24) is 10.2 Å². The van der Waals surface area contributed by atoms with Gasteiger partial charge in [0.15, 0.2) is 0 Å². The van der Waals surface area contributed by atoms with Gasteiger partial charge >= 0.3 is 12.0 Å². The predicted molar refractivity (Wildman–Crippen MR) is 128 cm³/mol. The molecule has 3 rings (SSSR count). The van der Waals surface area contributed by atoms with Crippen molar-refractivity contribution in [3.05, 3.63) is 76.5 Å². The van der Waals surface area contributed by atoms with Gasteiger partial charge < -0.3 is 20.3 Å². The van der Waals surface area contributed by atoms with Gasteiger partial charge in [0.2, 0.25) is 0 Å². The molecule has 33 heavy (non-hydrogen) atoms. The van der Waals surface area contributed by atoms with E-state index in [1.165, 1.54) is 4.90 Å². The Balaban J connectivity index is 1.87. The van der Waals surface area contributed by atoms with Gasteiger partial charge in [0.25, 0.3) is 5.91 Å². The second kappa shape index (κ2) is 9.48.